The number of carbonyl (C=O) groups excluding carboxylic acids is 4. The molecule has 1 amide bonds. The van der Waals surface area contributed by atoms with Crippen LogP contribution in [-0.2, 0) is 36.3 Å². The van der Waals surface area contributed by atoms with E-state index >= 15 is 9.59 Å². The molecular weight excluding hydrogens is 843 g/mol. The topological polar surface area (TPSA) is 119 Å². The zero-order chi connectivity index (χ0) is 42.2. The molecule has 1 spiro atoms. The molecule has 4 aromatic carbocycles. The molecule has 0 aromatic heterocycles. The van der Waals surface area contributed by atoms with E-state index < -0.39 is 62.8 Å². The van der Waals surface area contributed by atoms with Crippen molar-refractivity contribution >= 4 is 51.3 Å². The molecule has 2 saturated heterocycles. The second-order valence-corrected chi connectivity index (χ2v) is 19.8. The normalized spacial score (nSPS) is 27.6. The standard InChI is InChI=1S/C49H50BrNO8S/c1-31-19-21-32(22-20-31)27-28-57-42(53)38-29-39(43(54)59-37-17-11-6-12-18-37)48(40(38)41(52)34-23-25-36(50)26-24-34)45(55)51-44(47(2,3)60-46(48)51)49(56,35-15-9-5-10-16-35)58-30-33-13-7-4-8-14-33/h4-18,23-26,29,31-32,39-40,44,46,56H,19-22,27-28,30H2,1-3H3/t31?,32?,39?,40?,44-,46-,48?,49?/m1/s1. The molecule has 312 valence electrons. The van der Waals surface area contributed by atoms with Gasteiger partial charge >= 0.3 is 11.9 Å². The number of β-lactam (4-membered cyclic amide) rings is 1. The van der Waals surface area contributed by atoms with Crippen molar-refractivity contribution in [1.29, 1.82) is 0 Å². The molecule has 60 heavy (non-hydrogen) atoms. The van der Waals surface area contributed by atoms with Crippen LogP contribution in [0.1, 0.15) is 74.4 Å². The summed E-state index contributed by atoms with van der Waals surface area (Å²) in [5.41, 5.74) is -0.311. The summed E-state index contributed by atoms with van der Waals surface area (Å²) in [7, 11) is 0. The highest BCUT2D eigenvalue weighted by atomic mass is 79.9. The van der Waals surface area contributed by atoms with Crippen LogP contribution in [0.4, 0.5) is 0 Å². The van der Waals surface area contributed by atoms with Crippen molar-refractivity contribution in [3.05, 3.63) is 148 Å². The van der Waals surface area contributed by atoms with Gasteiger partial charge in [0.15, 0.2) is 5.78 Å². The molecule has 11 heteroatoms. The van der Waals surface area contributed by atoms with Gasteiger partial charge in [0.05, 0.1) is 30.4 Å². The van der Waals surface area contributed by atoms with Gasteiger partial charge in [0.25, 0.3) is 0 Å². The summed E-state index contributed by atoms with van der Waals surface area (Å²) >= 11 is 4.84. The average Bonchev–Trinajstić information content (AvgIpc) is 3.77. The van der Waals surface area contributed by atoms with Gasteiger partial charge in [-0.05, 0) is 61.9 Å². The van der Waals surface area contributed by atoms with Crippen molar-refractivity contribution in [3.63, 3.8) is 0 Å². The smallest absolute Gasteiger partial charge is 0.334 e. The number of halogens is 1. The number of fused-ring (bicyclic) bond motifs is 2. The highest BCUT2D eigenvalue weighted by Gasteiger charge is 2.81. The van der Waals surface area contributed by atoms with Gasteiger partial charge in [0, 0.05) is 25.9 Å². The Bertz CT molecular complexity index is 2250. The Balaban J connectivity index is 1.21. The fourth-order valence-corrected chi connectivity index (χ4v) is 11.9. The lowest BCUT2D eigenvalue weighted by molar-refractivity contribution is -0.271. The minimum absolute atomic E-state index is 0.0372. The summed E-state index contributed by atoms with van der Waals surface area (Å²) in [5, 5.41) is 12.1. The summed E-state index contributed by atoms with van der Waals surface area (Å²) in [6, 6.07) is 32.7. The Morgan fingerprint density at radius 2 is 1.48 bits per heavy atom. The van der Waals surface area contributed by atoms with Crippen LogP contribution in [0.25, 0.3) is 0 Å². The molecule has 4 aliphatic rings. The second kappa shape index (κ2) is 17.1. The van der Waals surface area contributed by atoms with Crippen molar-refractivity contribution < 1.29 is 38.5 Å². The van der Waals surface area contributed by atoms with E-state index in [1.165, 1.54) is 17.8 Å². The van der Waals surface area contributed by atoms with Crippen molar-refractivity contribution in [2.24, 2.45) is 29.1 Å². The second-order valence-electron chi connectivity index (χ2n) is 17.1. The Kier molecular flexibility index (Phi) is 12.0. The number of hydrogen-bond acceptors (Lipinski definition) is 9. The number of Topliss-reactive ketones (excluding diaryl/α,β-unsaturated/α-hetero) is 1. The van der Waals surface area contributed by atoms with Gasteiger partial charge in [-0.15, -0.1) is 11.8 Å². The molecule has 1 saturated carbocycles. The molecule has 2 heterocycles. The molecule has 6 atom stereocenters. The zero-order valence-corrected chi connectivity index (χ0v) is 36.4. The molecule has 0 radical (unpaired) electrons. The van der Waals surface area contributed by atoms with Gasteiger partial charge < -0.3 is 24.2 Å². The lowest BCUT2D eigenvalue weighted by Crippen LogP contribution is -2.76. The molecule has 4 aromatic rings. The number of nitrogens with zero attached hydrogens (tertiary/aromatic N) is 1. The maximum absolute atomic E-state index is 15.7. The van der Waals surface area contributed by atoms with Gasteiger partial charge in [-0.25, -0.2) is 4.79 Å². The average molecular weight is 893 g/mol. The maximum atomic E-state index is 15.7. The summed E-state index contributed by atoms with van der Waals surface area (Å²) in [6.07, 6.45) is 6.52. The molecule has 0 bridgehead atoms. The van der Waals surface area contributed by atoms with Gasteiger partial charge in [-0.1, -0.05) is 146 Å². The van der Waals surface area contributed by atoms with Crippen molar-refractivity contribution in [2.75, 3.05) is 6.61 Å². The van der Waals surface area contributed by atoms with Gasteiger partial charge in [0.2, 0.25) is 11.7 Å². The number of aliphatic hydroxyl groups is 1. The quantitative estimate of drug-likeness (QED) is 0.0461. The number of ether oxygens (including phenoxy) is 3. The van der Waals surface area contributed by atoms with Crippen LogP contribution in [0.15, 0.2) is 131 Å². The van der Waals surface area contributed by atoms with Crippen molar-refractivity contribution in [1.82, 2.24) is 4.90 Å². The third kappa shape index (κ3) is 7.67. The third-order valence-electron chi connectivity index (χ3n) is 12.9. The van der Waals surface area contributed by atoms with E-state index in [1.807, 2.05) is 50.2 Å². The lowest BCUT2D eigenvalue weighted by Gasteiger charge is -2.58. The van der Waals surface area contributed by atoms with Gasteiger partial charge in [-0.3, -0.25) is 14.4 Å². The monoisotopic (exact) mass is 891 g/mol. The molecule has 1 N–H and O–H groups in total. The fourth-order valence-electron chi connectivity index (χ4n) is 9.80. The van der Waals surface area contributed by atoms with E-state index in [0.717, 1.165) is 35.7 Å². The Morgan fingerprint density at radius 1 is 0.867 bits per heavy atom. The van der Waals surface area contributed by atoms with Crippen molar-refractivity contribution in [2.45, 2.75) is 81.4 Å². The van der Waals surface area contributed by atoms with Crippen LogP contribution in [0.3, 0.4) is 0 Å². The number of benzene rings is 4. The predicted octanol–water partition coefficient (Wildman–Crippen LogP) is 9.28. The molecule has 3 fully saturated rings. The van der Waals surface area contributed by atoms with Crippen LogP contribution in [0, 0.1) is 29.1 Å². The summed E-state index contributed by atoms with van der Waals surface area (Å²) in [4.78, 5) is 61.5. The first-order chi connectivity index (χ1) is 28.8. The first-order valence-electron chi connectivity index (χ1n) is 20.8. The SMILES string of the molecule is CC1CCC(CCOC(=O)C2=CC(C(=O)Oc3ccccc3)C3(C(=O)N4[C@@H](C(O)(OCc5ccccc5)c5ccccc5)C(C)(C)S[C@@H]43)C2C(=O)c2ccc(Br)cc2)CC1. The Hall–Kier alpha value is -4.55. The third-order valence-corrected chi connectivity index (χ3v) is 15.1. The summed E-state index contributed by atoms with van der Waals surface area (Å²) in [6.45, 7) is 6.29. The van der Waals surface area contributed by atoms with E-state index in [1.54, 1.807) is 83.8 Å². The molecule has 4 unspecified atom stereocenters. The first-order valence-corrected chi connectivity index (χ1v) is 22.4. The first kappa shape index (κ1) is 42.2. The van der Waals surface area contributed by atoms with E-state index in [2.05, 4.69) is 22.9 Å². The van der Waals surface area contributed by atoms with Gasteiger partial charge in [0.1, 0.15) is 17.2 Å². The Morgan fingerprint density at radius 3 is 2.13 bits per heavy atom. The highest BCUT2D eigenvalue weighted by Crippen LogP contribution is 2.69. The summed E-state index contributed by atoms with van der Waals surface area (Å²) in [5.74, 6) is -5.98. The highest BCUT2D eigenvalue weighted by molar-refractivity contribution is 9.10. The molecule has 2 aliphatic heterocycles. The van der Waals surface area contributed by atoms with Crippen LogP contribution >= 0.6 is 27.7 Å². The number of para-hydroxylation sites is 1. The molecular formula is C49H50BrNO8S. The van der Waals surface area contributed by atoms with Crippen molar-refractivity contribution in [3.8, 4) is 5.75 Å². The minimum Gasteiger partial charge on any atom is -0.462 e. The van der Waals surface area contributed by atoms with E-state index in [0.29, 0.717) is 23.8 Å². The maximum Gasteiger partial charge on any atom is 0.334 e. The Labute approximate surface area is 364 Å². The van der Waals surface area contributed by atoms with Gasteiger partial charge in [-0.2, -0.15) is 0 Å². The number of carbonyl (C=O) groups is 4. The predicted molar refractivity (Wildman–Crippen MR) is 232 cm³/mol. The van der Waals surface area contributed by atoms with Crippen LogP contribution in [0.2, 0.25) is 0 Å². The van der Waals surface area contributed by atoms with Crippen LogP contribution < -0.4 is 4.74 Å². The number of thioether (sulfide) groups is 1. The van der Waals surface area contributed by atoms with Crippen LogP contribution in [-0.4, -0.2) is 56.4 Å². The number of esters is 2. The number of hydrogen-bond donors (Lipinski definition) is 1. The number of ketones is 1. The molecule has 2 aliphatic carbocycles. The minimum atomic E-state index is -2.03. The fraction of sp³-hybridized carbons (Fsp3) is 0.388. The zero-order valence-electron chi connectivity index (χ0n) is 34.0. The van der Waals surface area contributed by atoms with Crippen LogP contribution in [0.5, 0.6) is 5.75 Å². The largest absolute Gasteiger partial charge is 0.462 e. The summed E-state index contributed by atoms with van der Waals surface area (Å²) < 4.78 is 18.3. The number of amides is 1. The number of rotatable bonds is 13. The molecule has 9 nitrogen and oxygen atoms in total. The lowest BCUT2D eigenvalue weighted by atomic mass is 9.60. The molecule has 8 rings (SSSR count). The van der Waals surface area contributed by atoms with E-state index in [4.69, 9.17) is 14.2 Å². The van der Waals surface area contributed by atoms with E-state index in [9.17, 15) is 14.7 Å². The van der Waals surface area contributed by atoms with E-state index in [-0.39, 0.29) is 30.1 Å².